The predicted molar refractivity (Wildman–Crippen MR) is 27.6 cm³/mol. The van der Waals surface area contributed by atoms with Crippen molar-refractivity contribution in [2.75, 3.05) is 0 Å². The predicted octanol–water partition coefficient (Wildman–Crippen LogP) is 0.771. The lowest BCUT2D eigenvalue weighted by atomic mass is 10.4. The SMILES string of the molecule is [CH2]c1cncnc1.[H+]. The average Bonchev–Trinajstić information content (AvgIpc) is 1.69. The fourth-order valence-corrected chi connectivity index (χ4v) is 0.330. The zero-order valence-corrected chi connectivity index (χ0v) is 3.83. The molecular formula is C5H6N2+. The van der Waals surface area contributed by atoms with Gasteiger partial charge in [0.2, 0.25) is 0 Å². The summed E-state index contributed by atoms with van der Waals surface area (Å²) >= 11 is 0. The van der Waals surface area contributed by atoms with Gasteiger partial charge in [0.15, 0.2) is 0 Å². The molecule has 1 aromatic rings. The quantitative estimate of drug-likeness (QED) is 0.474. The van der Waals surface area contributed by atoms with Crippen molar-refractivity contribution in [2.45, 2.75) is 0 Å². The maximum atomic E-state index is 3.71. The fourth-order valence-electron chi connectivity index (χ4n) is 0.330. The Kier molecular flexibility index (Phi) is 1.02. The van der Waals surface area contributed by atoms with Crippen molar-refractivity contribution in [3.63, 3.8) is 0 Å². The van der Waals surface area contributed by atoms with Crippen LogP contribution < -0.4 is 0 Å². The van der Waals surface area contributed by atoms with Gasteiger partial charge >= 0.3 is 1.43 Å². The van der Waals surface area contributed by atoms with Crippen LogP contribution in [0, 0.1) is 6.92 Å². The van der Waals surface area contributed by atoms with Gasteiger partial charge in [-0.3, -0.25) is 0 Å². The summed E-state index contributed by atoms with van der Waals surface area (Å²) in [5.74, 6) is 0. The minimum atomic E-state index is 0. The van der Waals surface area contributed by atoms with Crippen LogP contribution in [0.5, 0.6) is 0 Å². The second-order valence-electron chi connectivity index (χ2n) is 1.25. The number of rotatable bonds is 0. The van der Waals surface area contributed by atoms with E-state index in [-0.39, 0.29) is 1.43 Å². The van der Waals surface area contributed by atoms with Gasteiger partial charge in [0.05, 0.1) is 0 Å². The van der Waals surface area contributed by atoms with E-state index >= 15 is 0 Å². The Balaban J connectivity index is 0.000000490. The van der Waals surface area contributed by atoms with Gasteiger partial charge in [0, 0.05) is 12.4 Å². The van der Waals surface area contributed by atoms with E-state index in [2.05, 4.69) is 16.9 Å². The van der Waals surface area contributed by atoms with Gasteiger partial charge in [-0.1, -0.05) is 0 Å². The second-order valence-corrected chi connectivity index (χ2v) is 1.25. The molecule has 0 aliphatic rings. The van der Waals surface area contributed by atoms with Gasteiger partial charge in [-0.05, 0) is 12.5 Å². The molecule has 0 aliphatic carbocycles. The maximum Gasteiger partial charge on any atom is 1.00 e. The third kappa shape index (κ3) is 0.961. The highest BCUT2D eigenvalue weighted by atomic mass is 14.8. The first-order valence-electron chi connectivity index (χ1n) is 1.96. The molecule has 0 aromatic carbocycles. The summed E-state index contributed by atoms with van der Waals surface area (Å²) in [5.41, 5.74) is 0.850. The molecule has 1 heterocycles. The molecule has 0 saturated carbocycles. The molecule has 0 atom stereocenters. The van der Waals surface area contributed by atoms with E-state index in [0.29, 0.717) is 0 Å². The molecule has 0 bridgehead atoms. The lowest BCUT2D eigenvalue weighted by molar-refractivity contribution is 1.15. The third-order valence-electron chi connectivity index (χ3n) is 0.614. The number of hydrogen-bond acceptors (Lipinski definition) is 2. The highest BCUT2D eigenvalue weighted by molar-refractivity contribution is 5.04. The molecule has 0 N–H and O–H groups in total. The Morgan fingerprint density at radius 3 is 2.29 bits per heavy atom. The molecular weight excluding hydrogens is 88.1 g/mol. The zero-order chi connectivity index (χ0) is 5.11. The summed E-state index contributed by atoms with van der Waals surface area (Å²) in [4.78, 5) is 7.42. The summed E-state index contributed by atoms with van der Waals surface area (Å²) < 4.78 is 0. The van der Waals surface area contributed by atoms with Gasteiger partial charge in [-0.25, -0.2) is 9.97 Å². The molecule has 35 valence electrons. The molecule has 0 spiro atoms. The molecule has 1 rings (SSSR count). The number of hydrogen-bond donors (Lipinski definition) is 0. The van der Waals surface area contributed by atoms with E-state index in [4.69, 9.17) is 0 Å². The van der Waals surface area contributed by atoms with Crippen molar-refractivity contribution in [1.29, 1.82) is 0 Å². The first kappa shape index (κ1) is 4.24. The fraction of sp³-hybridized carbons (Fsp3) is 0. The van der Waals surface area contributed by atoms with E-state index in [1.165, 1.54) is 6.33 Å². The van der Waals surface area contributed by atoms with E-state index in [1.807, 2.05) is 0 Å². The van der Waals surface area contributed by atoms with Crippen molar-refractivity contribution < 1.29 is 1.43 Å². The van der Waals surface area contributed by atoms with Gasteiger partial charge in [-0.2, -0.15) is 0 Å². The van der Waals surface area contributed by atoms with Crippen LogP contribution >= 0.6 is 0 Å². The Morgan fingerprint density at radius 1 is 1.43 bits per heavy atom. The standard InChI is InChI=1S/C5H5N2/c1-5-2-6-4-7-3-5/h2-4H,1H2/p+1. The highest BCUT2D eigenvalue weighted by Gasteiger charge is 1.74. The zero-order valence-electron chi connectivity index (χ0n) is 4.83. The van der Waals surface area contributed by atoms with E-state index < -0.39 is 0 Å². The average molecular weight is 94.1 g/mol. The monoisotopic (exact) mass is 94.1 g/mol. The minimum absolute atomic E-state index is 0. The highest BCUT2D eigenvalue weighted by Crippen LogP contribution is 1.84. The molecule has 0 aliphatic heterocycles. The Hall–Kier alpha value is -0.920. The largest absolute Gasteiger partial charge is 1.00 e. The van der Waals surface area contributed by atoms with Crippen molar-refractivity contribution >= 4 is 0 Å². The Bertz CT molecular complexity index is 140. The van der Waals surface area contributed by atoms with Crippen LogP contribution in [0.15, 0.2) is 18.7 Å². The van der Waals surface area contributed by atoms with Gasteiger partial charge in [0.1, 0.15) is 6.33 Å². The van der Waals surface area contributed by atoms with Crippen LogP contribution in [0.25, 0.3) is 0 Å². The van der Waals surface area contributed by atoms with Crippen LogP contribution in [0.1, 0.15) is 6.99 Å². The summed E-state index contributed by atoms with van der Waals surface area (Å²) in [6.07, 6.45) is 4.80. The normalized spacial score (nSPS) is 8.71. The summed E-state index contributed by atoms with van der Waals surface area (Å²) in [6, 6.07) is 0. The van der Waals surface area contributed by atoms with Crippen molar-refractivity contribution in [1.82, 2.24) is 9.97 Å². The number of nitrogens with zero attached hydrogens (tertiary/aromatic N) is 2. The van der Waals surface area contributed by atoms with Crippen LogP contribution in [0.2, 0.25) is 0 Å². The van der Waals surface area contributed by atoms with Gasteiger partial charge in [0.25, 0.3) is 0 Å². The van der Waals surface area contributed by atoms with Crippen LogP contribution in [-0.4, -0.2) is 9.97 Å². The summed E-state index contributed by atoms with van der Waals surface area (Å²) in [6.45, 7) is 3.60. The first-order chi connectivity index (χ1) is 3.39. The van der Waals surface area contributed by atoms with Crippen molar-refractivity contribution in [3.05, 3.63) is 31.2 Å². The Labute approximate surface area is 43.7 Å². The van der Waals surface area contributed by atoms with Crippen molar-refractivity contribution in [3.8, 4) is 0 Å². The topological polar surface area (TPSA) is 25.8 Å². The molecule has 1 radical (unpaired) electrons. The molecule has 7 heavy (non-hydrogen) atoms. The molecule has 2 nitrogen and oxygen atoms in total. The number of aromatic nitrogens is 2. The van der Waals surface area contributed by atoms with Crippen molar-refractivity contribution in [2.24, 2.45) is 0 Å². The molecule has 0 unspecified atom stereocenters. The third-order valence-corrected chi connectivity index (χ3v) is 0.614. The molecule has 0 saturated heterocycles. The second kappa shape index (κ2) is 1.69. The van der Waals surface area contributed by atoms with Gasteiger partial charge < -0.3 is 0 Å². The van der Waals surface area contributed by atoms with E-state index in [9.17, 15) is 0 Å². The lowest BCUT2D eigenvalue weighted by Crippen LogP contribution is -1.75. The first-order valence-corrected chi connectivity index (χ1v) is 1.96. The van der Waals surface area contributed by atoms with E-state index in [0.717, 1.165) is 5.56 Å². The minimum Gasteiger partial charge on any atom is -0.245 e. The molecule has 0 amide bonds. The van der Waals surface area contributed by atoms with E-state index in [1.54, 1.807) is 12.4 Å². The smallest absolute Gasteiger partial charge is 0.245 e. The molecule has 0 fully saturated rings. The molecule has 2 heteroatoms. The lowest BCUT2D eigenvalue weighted by Gasteiger charge is -1.81. The van der Waals surface area contributed by atoms with Crippen LogP contribution in [-0.2, 0) is 0 Å². The summed E-state index contributed by atoms with van der Waals surface area (Å²) in [5, 5.41) is 0. The van der Waals surface area contributed by atoms with Gasteiger partial charge in [-0.15, -0.1) is 0 Å². The maximum absolute atomic E-state index is 3.71. The summed E-state index contributed by atoms with van der Waals surface area (Å²) in [7, 11) is 0. The van der Waals surface area contributed by atoms with Crippen LogP contribution in [0.3, 0.4) is 0 Å². The Morgan fingerprint density at radius 2 is 2.00 bits per heavy atom. The van der Waals surface area contributed by atoms with Crippen LogP contribution in [0.4, 0.5) is 0 Å². The molecule has 1 aromatic heterocycles.